The molecule has 94 heavy (non-hydrogen) atoms. The second kappa shape index (κ2) is 31.7. The summed E-state index contributed by atoms with van der Waals surface area (Å²) in [6, 6.07) is 13.5. The predicted octanol–water partition coefficient (Wildman–Crippen LogP) is -0.614. The number of carbonyl (C=O) groups excluding carboxylic acids is 4. The molecule has 6 heterocycles. The Bertz CT molecular complexity index is 4020. The first-order chi connectivity index (χ1) is 44.0. The number of carbonyl (C=O) groups is 4. The molecule has 52 heteroatoms. The molecule has 2 fully saturated rings. The van der Waals surface area contributed by atoms with Crippen molar-refractivity contribution < 1.29 is 132 Å². The van der Waals surface area contributed by atoms with Gasteiger partial charge in [0.25, 0.3) is 11.8 Å². The lowest BCUT2D eigenvalue weighted by Gasteiger charge is -2.22. The van der Waals surface area contributed by atoms with Crippen LogP contribution in [-0.4, -0.2) is 203 Å². The molecule has 4 unspecified atom stereocenters. The number of nitrogen functional groups attached to an aromatic ring is 2. The topological polar surface area (TPSA) is 643 Å². The molecule has 4 aromatic heterocycles. The Hall–Kier alpha value is -6.28. The first kappa shape index (κ1) is 75.1. The lowest BCUT2D eigenvalue weighted by atomic mass is 10.1. The standard InChI is InChI=1S/2C21H29N8O14P3S/c1-23-12-5-3-2-4-11(12)19(31)24-6-7-25-21(32)41-16-13(8-39-44(33,34)42-45(35,36)43-46(37,38)47)40-20(15(16)30)29-10-28-14-17(22)26-9-27-18(14)29;1-23-12-5-3-2-4-11(12)19(31)24-6-7-25-21(32)41-16-15(30)13(8-39-44(33,34)42-45(35,36)43-46(37,38)47)40-20(16)29-10-28-14-17(22)26-9-27-18(14)29/h2*2-5,9-10,13,15-16,20,23,30H,6-8H2,1H3,(H,24,31)(H,25,32)(H,33,34)(H,35,36)(H2,22,26,27)(H2,37,38,47)/t2*13-,15-,16-,20-/m11/s1. The number of benzene rings is 2. The fourth-order valence-corrected chi connectivity index (χ4v) is 16.1. The van der Waals surface area contributed by atoms with E-state index in [1.54, 1.807) is 62.6 Å². The Balaban J connectivity index is 0.000000266. The van der Waals surface area contributed by atoms with Crippen LogP contribution in [-0.2, 0) is 87.1 Å². The van der Waals surface area contributed by atoms with Gasteiger partial charge in [-0.3, -0.25) is 27.8 Å². The number of hydrogen-bond acceptors (Lipinski definition) is 32. The molecule has 44 nitrogen and oxygen atoms in total. The number of aliphatic hydroxyl groups excluding tert-OH is 2. The summed E-state index contributed by atoms with van der Waals surface area (Å²) in [6.07, 6.45) is -10.2. The maximum absolute atomic E-state index is 12.7. The number of hydrogen-bond donors (Lipinski definition) is 18. The van der Waals surface area contributed by atoms with Crippen molar-refractivity contribution in [3.63, 3.8) is 0 Å². The van der Waals surface area contributed by atoms with Crippen LogP contribution in [0.15, 0.2) is 73.8 Å². The zero-order valence-corrected chi connectivity index (χ0v) is 54.8. The summed E-state index contributed by atoms with van der Waals surface area (Å²) in [4.78, 5) is 149. The third-order valence-corrected chi connectivity index (χ3v) is 21.1. The van der Waals surface area contributed by atoms with Crippen molar-refractivity contribution in [3.8, 4) is 0 Å². The van der Waals surface area contributed by atoms with E-state index in [1.165, 1.54) is 21.8 Å². The van der Waals surface area contributed by atoms with E-state index in [-0.39, 0.29) is 60.1 Å². The molecule has 2 aromatic carbocycles. The highest BCUT2D eigenvalue weighted by Crippen LogP contribution is 2.67. The van der Waals surface area contributed by atoms with E-state index in [1.807, 2.05) is 0 Å². The van der Waals surface area contributed by atoms with E-state index in [0.717, 1.165) is 12.7 Å². The number of anilines is 4. The molecular weight excluding hydrogens is 1430 g/mol. The number of aromatic nitrogens is 8. The maximum Gasteiger partial charge on any atom is 0.488 e. The fourth-order valence-electron chi connectivity index (χ4n) is 8.49. The number of alkyl carbamates (subject to hydrolysis) is 2. The van der Waals surface area contributed by atoms with Crippen LogP contribution in [0.3, 0.4) is 0 Å². The smallest absolute Gasteiger partial charge is 0.440 e. The minimum atomic E-state index is -5.63. The first-order valence-electron chi connectivity index (χ1n) is 26.1. The van der Waals surface area contributed by atoms with Gasteiger partial charge in [0.1, 0.15) is 48.1 Å². The highest BCUT2D eigenvalue weighted by atomic mass is 32.5. The number of amides is 4. The molecule has 2 aliphatic rings. The Morgan fingerprint density at radius 2 is 0.926 bits per heavy atom. The number of phosphoric ester groups is 2. The van der Waals surface area contributed by atoms with Gasteiger partial charge in [-0.1, -0.05) is 24.3 Å². The third-order valence-electron chi connectivity index (χ3n) is 12.3. The molecule has 4 amide bonds. The number of fused-ring (bicyclic) bond motifs is 2. The number of nitrogens with two attached hydrogens (primary N) is 2. The van der Waals surface area contributed by atoms with Gasteiger partial charge < -0.3 is 112 Å². The quantitative estimate of drug-likeness (QED) is 0.0215. The molecule has 12 atom stereocenters. The van der Waals surface area contributed by atoms with Gasteiger partial charge in [-0.25, -0.2) is 66.4 Å². The average molecular weight is 1480 g/mol. The van der Waals surface area contributed by atoms with Crippen molar-refractivity contribution >= 4 is 138 Å². The summed E-state index contributed by atoms with van der Waals surface area (Å²) < 4.78 is 98.0. The van der Waals surface area contributed by atoms with Gasteiger partial charge in [-0.05, 0) is 47.9 Å². The maximum atomic E-state index is 12.7. The second-order valence-corrected chi connectivity index (χ2v) is 30.4. The van der Waals surface area contributed by atoms with Crippen LogP contribution in [0.4, 0.5) is 32.6 Å². The van der Waals surface area contributed by atoms with Crippen molar-refractivity contribution in [2.75, 3.05) is 75.6 Å². The first-order valence-corrected chi connectivity index (χ1v) is 37.3. The van der Waals surface area contributed by atoms with Crippen molar-refractivity contribution in [2.45, 2.75) is 49.1 Å². The molecule has 516 valence electrons. The van der Waals surface area contributed by atoms with E-state index in [9.17, 15) is 67.2 Å². The summed E-state index contributed by atoms with van der Waals surface area (Å²) >= 11 is 8.08. The summed E-state index contributed by atoms with van der Waals surface area (Å²) in [5.74, 6) is -0.839. The molecule has 0 bridgehead atoms. The van der Waals surface area contributed by atoms with Gasteiger partial charge in [-0.15, -0.1) is 0 Å². The number of phosphoric acid groups is 4. The number of nitrogens with one attached hydrogen (secondary N) is 6. The minimum absolute atomic E-state index is 0.000148. The number of rotatable bonds is 28. The Morgan fingerprint density at radius 1 is 0.532 bits per heavy atom. The molecule has 2 saturated heterocycles. The summed E-state index contributed by atoms with van der Waals surface area (Å²) in [7, 11) is -19.0. The fraction of sp³-hybridized carbons (Fsp3) is 0.381. The summed E-state index contributed by atoms with van der Waals surface area (Å²) in [6.45, 7) is -11.9. The lowest BCUT2D eigenvalue weighted by molar-refractivity contribution is -0.0522. The molecule has 0 radical (unpaired) electrons. The van der Waals surface area contributed by atoms with Crippen LogP contribution in [0.2, 0.25) is 0 Å². The van der Waals surface area contributed by atoms with Crippen LogP contribution in [0.1, 0.15) is 33.2 Å². The van der Waals surface area contributed by atoms with E-state index >= 15 is 0 Å². The van der Waals surface area contributed by atoms with E-state index < -0.39 is 131 Å². The van der Waals surface area contributed by atoms with E-state index in [0.29, 0.717) is 22.5 Å². The molecule has 20 N–H and O–H groups in total. The Labute approximate surface area is 537 Å². The SMILES string of the molecule is CNc1ccccc1C(=O)NCCNC(=O)O[C@@H]1[C@H](O)[C@@H](COP(=O)(O)OP(=O)(O)OP(O)(O)=S)O[C@H]1n1cnc2c(N)ncnc21.CNc1ccccc1C(=O)NCCNC(=O)O[C@H]1[C@@H](O)[C@H](n2cnc3c(N)ncnc32)O[C@@H]1COP(=O)(O)OP(=O)(O)OP(O)(O)=S. The molecular formula is C42H58N16O28P6S2. The molecule has 2 aliphatic heterocycles. The highest BCUT2D eigenvalue weighted by molar-refractivity contribution is 8.08. The van der Waals surface area contributed by atoms with Gasteiger partial charge in [0.05, 0.1) is 37.0 Å². The van der Waals surface area contributed by atoms with Crippen LogP contribution in [0.5, 0.6) is 0 Å². The van der Waals surface area contributed by atoms with Crippen LogP contribution >= 0.6 is 44.7 Å². The molecule has 0 aliphatic carbocycles. The number of imidazole rings is 2. The van der Waals surface area contributed by atoms with Crippen molar-refractivity contribution in [3.05, 3.63) is 85.0 Å². The third kappa shape index (κ3) is 20.9. The van der Waals surface area contributed by atoms with Crippen LogP contribution in [0.25, 0.3) is 22.3 Å². The van der Waals surface area contributed by atoms with Crippen molar-refractivity contribution in [1.82, 2.24) is 60.3 Å². The van der Waals surface area contributed by atoms with E-state index in [2.05, 4.69) is 107 Å². The number of nitrogens with zero attached hydrogens (tertiary/aromatic N) is 8. The van der Waals surface area contributed by atoms with Gasteiger partial charge in [0.15, 0.2) is 47.6 Å². The summed E-state index contributed by atoms with van der Waals surface area (Å²) in [5, 5.41) is 38.0. The predicted molar refractivity (Wildman–Crippen MR) is 325 cm³/mol. The summed E-state index contributed by atoms with van der Waals surface area (Å²) in [5.41, 5.74) is 14.0. The number of ether oxygens (including phenoxy) is 4. The molecule has 8 rings (SSSR count). The van der Waals surface area contributed by atoms with Gasteiger partial charge >= 0.3 is 56.9 Å². The largest absolute Gasteiger partial charge is 0.488 e. The normalized spacial score (nSPS) is 22.3. The Morgan fingerprint density at radius 3 is 1.36 bits per heavy atom. The van der Waals surface area contributed by atoms with Crippen molar-refractivity contribution in [1.29, 1.82) is 0 Å². The molecule has 0 spiro atoms. The van der Waals surface area contributed by atoms with Gasteiger partial charge in [0.2, 0.25) is 0 Å². The van der Waals surface area contributed by atoms with Gasteiger partial charge in [0, 0.05) is 51.6 Å². The van der Waals surface area contributed by atoms with Crippen molar-refractivity contribution in [2.24, 2.45) is 0 Å². The molecule has 6 aromatic rings. The van der Waals surface area contributed by atoms with E-state index in [4.69, 9.17) is 54.5 Å². The zero-order valence-electron chi connectivity index (χ0n) is 47.8. The monoisotopic (exact) mass is 1480 g/mol. The number of para-hydroxylation sites is 2. The van der Waals surface area contributed by atoms with Crippen LogP contribution < -0.4 is 43.4 Å². The van der Waals surface area contributed by atoms with Crippen LogP contribution in [0, 0.1) is 0 Å². The molecule has 0 saturated carbocycles. The second-order valence-electron chi connectivity index (χ2n) is 18.7. The number of aliphatic hydroxyl groups is 2. The van der Waals surface area contributed by atoms with Gasteiger partial charge in [-0.2, -0.15) is 8.62 Å². The highest BCUT2D eigenvalue weighted by Gasteiger charge is 2.51. The lowest BCUT2D eigenvalue weighted by Crippen LogP contribution is -2.42. The Kier molecular flexibility index (Phi) is 25.3. The average Bonchev–Trinajstić information content (AvgIpc) is 1.62. The zero-order chi connectivity index (χ0) is 69.1. The minimum Gasteiger partial charge on any atom is -0.440 e.